The number of ether oxygens (including phenoxy) is 2. The zero-order valence-electron chi connectivity index (χ0n) is 18.0. The Labute approximate surface area is 178 Å². The summed E-state index contributed by atoms with van der Waals surface area (Å²) in [5.41, 5.74) is 0. The molecular weight excluding hydrogens is 393 g/mol. The number of rotatable bonds is 12. The first kappa shape index (κ1) is 24.5. The number of carbonyl (C=O) groups excluding carboxylic acids is 1. The SMILES string of the molecule is CCCCCCCC[C@H]1CC[C@H](CCC(=O)Oc2ccc(OC(F)(F)F)cc2)CC1. The minimum atomic E-state index is -4.73. The molecule has 1 aliphatic carbocycles. The van der Waals surface area contributed by atoms with E-state index in [-0.39, 0.29) is 17.5 Å². The lowest BCUT2D eigenvalue weighted by Crippen LogP contribution is -2.17. The quantitative estimate of drug-likeness (QED) is 0.193. The van der Waals surface area contributed by atoms with Crippen molar-refractivity contribution in [3.05, 3.63) is 24.3 Å². The summed E-state index contributed by atoms with van der Waals surface area (Å²) in [6.45, 7) is 2.24. The number of hydrogen-bond donors (Lipinski definition) is 0. The summed E-state index contributed by atoms with van der Waals surface area (Å²) in [6.07, 6.45) is 10.7. The van der Waals surface area contributed by atoms with E-state index in [1.807, 2.05) is 0 Å². The Hall–Kier alpha value is -1.72. The predicted octanol–water partition coefficient (Wildman–Crippen LogP) is 7.83. The lowest BCUT2D eigenvalue weighted by molar-refractivity contribution is -0.274. The Balaban J connectivity index is 1.57. The Morgan fingerprint density at radius 3 is 2.00 bits per heavy atom. The highest BCUT2D eigenvalue weighted by atomic mass is 19.4. The van der Waals surface area contributed by atoms with Crippen LogP contribution in [0.25, 0.3) is 0 Å². The molecule has 3 nitrogen and oxygen atoms in total. The van der Waals surface area contributed by atoms with Gasteiger partial charge in [0.25, 0.3) is 0 Å². The van der Waals surface area contributed by atoms with Crippen LogP contribution in [0.5, 0.6) is 11.5 Å². The lowest BCUT2D eigenvalue weighted by atomic mass is 9.78. The van der Waals surface area contributed by atoms with Crippen LogP contribution >= 0.6 is 0 Å². The van der Waals surface area contributed by atoms with E-state index in [1.165, 1.54) is 82.8 Å². The Kier molecular flexibility index (Phi) is 10.5. The van der Waals surface area contributed by atoms with Crippen molar-refractivity contribution in [2.45, 2.75) is 96.8 Å². The summed E-state index contributed by atoms with van der Waals surface area (Å²) >= 11 is 0. The summed E-state index contributed by atoms with van der Waals surface area (Å²) in [6, 6.07) is 4.90. The van der Waals surface area contributed by atoms with Crippen LogP contribution in [0, 0.1) is 11.8 Å². The van der Waals surface area contributed by atoms with Crippen LogP contribution in [0.4, 0.5) is 13.2 Å². The molecule has 0 unspecified atom stereocenters. The molecule has 0 aliphatic heterocycles. The first-order valence-corrected chi connectivity index (χ1v) is 11.4. The highest BCUT2D eigenvalue weighted by Crippen LogP contribution is 2.34. The summed E-state index contributed by atoms with van der Waals surface area (Å²) < 4.78 is 45.5. The van der Waals surface area contributed by atoms with Gasteiger partial charge in [0.1, 0.15) is 11.5 Å². The second-order valence-electron chi connectivity index (χ2n) is 8.48. The summed E-state index contributed by atoms with van der Waals surface area (Å²) in [5, 5.41) is 0. The Bertz CT molecular complexity index is 605. The summed E-state index contributed by atoms with van der Waals surface area (Å²) in [4.78, 5) is 12.0. The van der Waals surface area contributed by atoms with Gasteiger partial charge in [-0.05, 0) is 42.5 Å². The van der Waals surface area contributed by atoms with Crippen molar-refractivity contribution in [1.29, 1.82) is 0 Å². The molecule has 0 amide bonds. The highest BCUT2D eigenvalue weighted by molar-refractivity contribution is 5.72. The van der Waals surface area contributed by atoms with Crippen molar-refractivity contribution in [2.24, 2.45) is 11.8 Å². The van der Waals surface area contributed by atoms with Crippen molar-refractivity contribution >= 4 is 5.97 Å². The molecule has 6 heteroatoms. The standard InChI is InChI=1S/C24H35F3O3/c1-2-3-4-5-6-7-8-19-9-11-20(12-10-19)13-18-23(28)29-21-14-16-22(17-15-21)30-24(25,26)27/h14-17,19-20H,2-13,18H2,1H3/t19-,20-. The Morgan fingerprint density at radius 1 is 0.867 bits per heavy atom. The van der Waals surface area contributed by atoms with Gasteiger partial charge in [-0.3, -0.25) is 4.79 Å². The molecular formula is C24H35F3O3. The lowest BCUT2D eigenvalue weighted by Gasteiger charge is -2.28. The van der Waals surface area contributed by atoms with Crippen LogP contribution in [-0.4, -0.2) is 12.3 Å². The fourth-order valence-electron chi connectivity index (χ4n) is 4.24. The number of halogens is 3. The van der Waals surface area contributed by atoms with E-state index in [2.05, 4.69) is 11.7 Å². The summed E-state index contributed by atoms with van der Waals surface area (Å²) in [5.74, 6) is 0.976. The van der Waals surface area contributed by atoms with Gasteiger partial charge in [0.05, 0.1) is 0 Å². The molecule has 0 spiro atoms. The molecule has 0 saturated heterocycles. The predicted molar refractivity (Wildman–Crippen MR) is 111 cm³/mol. The zero-order chi connectivity index (χ0) is 21.8. The number of unbranched alkanes of at least 4 members (excludes halogenated alkanes) is 5. The number of carbonyl (C=O) groups is 1. The monoisotopic (exact) mass is 428 g/mol. The number of benzene rings is 1. The van der Waals surface area contributed by atoms with Crippen LogP contribution < -0.4 is 9.47 Å². The third-order valence-electron chi connectivity index (χ3n) is 5.98. The van der Waals surface area contributed by atoms with E-state index in [0.717, 1.165) is 24.5 Å². The maximum absolute atomic E-state index is 12.2. The van der Waals surface area contributed by atoms with E-state index in [9.17, 15) is 18.0 Å². The number of alkyl halides is 3. The third kappa shape index (κ3) is 10.4. The summed E-state index contributed by atoms with van der Waals surface area (Å²) in [7, 11) is 0. The molecule has 30 heavy (non-hydrogen) atoms. The van der Waals surface area contributed by atoms with Crippen LogP contribution in [-0.2, 0) is 4.79 Å². The molecule has 0 aromatic heterocycles. The maximum Gasteiger partial charge on any atom is 0.573 e. The second kappa shape index (κ2) is 12.9. The maximum atomic E-state index is 12.2. The molecule has 0 radical (unpaired) electrons. The van der Waals surface area contributed by atoms with Gasteiger partial charge in [-0.1, -0.05) is 77.6 Å². The van der Waals surface area contributed by atoms with Crippen molar-refractivity contribution in [3.8, 4) is 11.5 Å². The first-order valence-electron chi connectivity index (χ1n) is 11.4. The fourth-order valence-corrected chi connectivity index (χ4v) is 4.24. The van der Waals surface area contributed by atoms with Crippen LogP contribution in [0.2, 0.25) is 0 Å². The molecule has 1 aliphatic rings. The number of hydrogen-bond acceptors (Lipinski definition) is 3. The van der Waals surface area contributed by atoms with Crippen LogP contribution in [0.15, 0.2) is 24.3 Å². The van der Waals surface area contributed by atoms with Crippen molar-refractivity contribution in [2.75, 3.05) is 0 Å². The zero-order valence-corrected chi connectivity index (χ0v) is 18.0. The second-order valence-corrected chi connectivity index (χ2v) is 8.48. The average Bonchev–Trinajstić information content (AvgIpc) is 2.70. The van der Waals surface area contributed by atoms with Crippen LogP contribution in [0.3, 0.4) is 0 Å². The molecule has 1 saturated carbocycles. The van der Waals surface area contributed by atoms with E-state index >= 15 is 0 Å². The molecule has 2 rings (SSSR count). The normalized spacial score (nSPS) is 19.5. The molecule has 1 aromatic carbocycles. The number of esters is 1. The largest absolute Gasteiger partial charge is 0.573 e. The van der Waals surface area contributed by atoms with Gasteiger partial charge in [-0.2, -0.15) is 0 Å². The van der Waals surface area contributed by atoms with E-state index in [4.69, 9.17) is 4.74 Å². The molecule has 0 N–H and O–H groups in total. The fraction of sp³-hybridized carbons (Fsp3) is 0.708. The smallest absolute Gasteiger partial charge is 0.427 e. The Morgan fingerprint density at radius 2 is 1.40 bits per heavy atom. The van der Waals surface area contributed by atoms with Gasteiger partial charge >= 0.3 is 12.3 Å². The van der Waals surface area contributed by atoms with Gasteiger partial charge in [0.2, 0.25) is 0 Å². The van der Waals surface area contributed by atoms with Crippen molar-refractivity contribution < 1.29 is 27.4 Å². The molecule has 170 valence electrons. The van der Waals surface area contributed by atoms with Gasteiger partial charge in [-0.25, -0.2) is 0 Å². The average molecular weight is 429 g/mol. The first-order chi connectivity index (χ1) is 14.4. The molecule has 1 fully saturated rings. The van der Waals surface area contributed by atoms with Gasteiger partial charge in [-0.15, -0.1) is 13.2 Å². The molecule has 0 heterocycles. The van der Waals surface area contributed by atoms with Gasteiger partial charge in [0.15, 0.2) is 0 Å². The highest BCUT2D eigenvalue weighted by Gasteiger charge is 2.31. The van der Waals surface area contributed by atoms with Crippen LogP contribution in [0.1, 0.15) is 90.4 Å². The van der Waals surface area contributed by atoms with Gasteiger partial charge < -0.3 is 9.47 Å². The molecule has 0 atom stereocenters. The van der Waals surface area contributed by atoms with Crippen molar-refractivity contribution in [1.82, 2.24) is 0 Å². The van der Waals surface area contributed by atoms with Gasteiger partial charge in [0, 0.05) is 6.42 Å². The van der Waals surface area contributed by atoms with E-state index < -0.39 is 6.36 Å². The minimum absolute atomic E-state index is 0.233. The topological polar surface area (TPSA) is 35.5 Å². The van der Waals surface area contributed by atoms with Crippen molar-refractivity contribution in [3.63, 3.8) is 0 Å². The molecule has 1 aromatic rings. The van der Waals surface area contributed by atoms with E-state index in [1.54, 1.807) is 0 Å². The molecule has 0 bridgehead atoms. The van der Waals surface area contributed by atoms with E-state index in [0.29, 0.717) is 12.3 Å². The minimum Gasteiger partial charge on any atom is -0.427 e. The third-order valence-corrected chi connectivity index (χ3v) is 5.98.